The lowest BCUT2D eigenvalue weighted by atomic mass is 9.99. The highest BCUT2D eigenvalue weighted by molar-refractivity contribution is 7.86. The van der Waals surface area contributed by atoms with Gasteiger partial charge in [-0.05, 0) is 31.1 Å². The molecule has 1 saturated carbocycles. The molecule has 0 spiro atoms. The molecule has 4 nitrogen and oxygen atoms in total. The summed E-state index contributed by atoms with van der Waals surface area (Å²) >= 11 is 0. The van der Waals surface area contributed by atoms with E-state index in [-0.39, 0.29) is 17.7 Å². The summed E-state index contributed by atoms with van der Waals surface area (Å²) < 4.78 is 33.8. The molecule has 0 unspecified atom stereocenters. The maximum Gasteiger partial charge on any atom is 0.302 e. The van der Waals surface area contributed by atoms with Crippen LogP contribution in [0.1, 0.15) is 26.2 Å². The third-order valence-corrected chi connectivity index (χ3v) is 4.56. The van der Waals surface area contributed by atoms with E-state index in [4.69, 9.17) is 0 Å². The van der Waals surface area contributed by atoms with Crippen LogP contribution in [0.25, 0.3) is 0 Å². The first-order valence-electron chi connectivity index (χ1n) is 6.08. The number of likely N-dealkylation sites (tertiary alicyclic amines) is 1. The normalized spacial score (nSPS) is 33.5. The molecule has 0 bridgehead atoms. The van der Waals surface area contributed by atoms with Crippen molar-refractivity contribution >= 4 is 16.1 Å². The number of amides is 1. The van der Waals surface area contributed by atoms with Crippen molar-refractivity contribution in [2.75, 3.05) is 18.8 Å². The number of halogens is 1. The minimum atomic E-state index is -4.43. The average Bonchev–Trinajstić information content (AvgIpc) is 2.92. The maximum absolute atomic E-state index is 12.6. The lowest BCUT2D eigenvalue weighted by Crippen LogP contribution is -2.42. The molecule has 2 rings (SSSR count). The molecule has 17 heavy (non-hydrogen) atoms. The second-order valence-corrected chi connectivity index (χ2v) is 6.73. The smallest absolute Gasteiger partial charge is 0.302 e. The predicted molar refractivity (Wildman–Crippen MR) is 61.5 cm³/mol. The summed E-state index contributed by atoms with van der Waals surface area (Å²) in [5, 5.41) is 0. The highest BCUT2D eigenvalue weighted by Gasteiger charge is 2.42. The van der Waals surface area contributed by atoms with Crippen LogP contribution < -0.4 is 0 Å². The Morgan fingerprint density at radius 3 is 2.65 bits per heavy atom. The number of carbonyl (C=O) groups excluding carboxylic acids is 1. The van der Waals surface area contributed by atoms with Crippen LogP contribution in [0.2, 0.25) is 0 Å². The number of carbonyl (C=O) groups is 1. The van der Waals surface area contributed by atoms with Crippen molar-refractivity contribution in [1.29, 1.82) is 0 Å². The van der Waals surface area contributed by atoms with E-state index in [1.54, 1.807) is 4.90 Å². The molecule has 1 aliphatic heterocycles. The van der Waals surface area contributed by atoms with Crippen LogP contribution in [0, 0.1) is 17.8 Å². The molecule has 1 amide bonds. The van der Waals surface area contributed by atoms with Gasteiger partial charge >= 0.3 is 10.2 Å². The quantitative estimate of drug-likeness (QED) is 0.718. The Balaban J connectivity index is 1.90. The standard InChI is InChI=1S/C11H18FNO3S/c1-8-5-10(8)11(14)13-4-2-3-9(6-13)7-17(12,15)16/h8-10H,2-7H2,1H3/t8-,9+,10-/m1/s1. The predicted octanol–water partition coefficient (Wildman–Crippen LogP) is 1.18. The minimum absolute atomic E-state index is 0.121. The van der Waals surface area contributed by atoms with Crippen LogP contribution in [0.15, 0.2) is 0 Å². The fraction of sp³-hybridized carbons (Fsp3) is 0.909. The Bertz CT molecular complexity index is 409. The van der Waals surface area contributed by atoms with Gasteiger partial charge in [-0.3, -0.25) is 4.79 Å². The summed E-state index contributed by atoms with van der Waals surface area (Å²) in [5.41, 5.74) is 0. The van der Waals surface area contributed by atoms with Crippen LogP contribution in [0.4, 0.5) is 3.89 Å². The molecule has 6 heteroatoms. The molecule has 0 aromatic rings. The number of piperidine rings is 1. The molecular weight excluding hydrogens is 245 g/mol. The Hall–Kier alpha value is -0.650. The summed E-state index contributed by atoms with van der Waals surface area (Å²) in [5.74, 6) is 0.00974. The summed E-state index contributed by atoms with van der Waals surface area (Å²) in [6.45, 7) is 3.12. The van der Waals surface area contributed by atoms with Crippen LogP contribution in [0.5, 0.6) is 0 Å². The van der Waals surface area contributed by atoms with E-state index in [0.29, 0.717) is 25.4 Å². The molecule has 0 radical (unpaired) electrons. The molecule has 1 saturated heterocycles. The number of hydrogen-bond acceptors (Lipinski definition) is 3. The molecule has 0 aromatic heterocycles. The van der Waals surface area contributed by atoms with Crippen molar-refractivity contribution in [1.82, 2.24) is 4.90 Å². The zero-order valence-electron chi connectivity index (χ0n) is 9.93. The van der Waals surface area contributed by atoms with Crippen molar-refractivity contribution in [3.05, 3.63) is 0 Å². The first-order valence-corrected chi connectivity index (χ1v) is 7.63. The molecule has 2 aliphatic rings. The van der Waals surface area contributed by atoms with Crippen molar-refractivity contribution in [3.8, 4) is 0 Å². The second kappa shape index (κ2) is 4.55. The molecule has 0 N–H and O–H groups in total. The van der Waals surface area contributed by atoms with Crippen LogP contribution in [-0.2, 0) is 15.0 Å². The van der Waals surface area contributed by atoms with E-state index in [1.807, 2.05) is 6.92 Å². The zero-order chi connectivity index (χ0) is 12.6. The van der Waals surface area contributed by atoms with Crippen LogP contribution >= 0.6 is 0 Å². The largest absolute Gasteiger partial charge is 0.342 e. The van der Waals surface area contributed by atoms with Gasteiger partial charge in [-0.2, -0.15) is 8.42 Å². The van der Waals surface area contributed by atoms with Gasteiger partial charge in [-0.15, -0.1) is 3.89 Å². The Morgan fingerprint density at radius 2 is 2.12 bits per heavy atom. The van der Waals surface area contributed by atoms with Crippen molar-refractivity contribution in [3.63, 3.8) is 0 Å². The van der Waals surface area contributed by atoms with E-state index in [0.717, 1.165) is 12.8 Å². The summed E-state index contributed by atoms with van der Waals surface area (Å²) in [6, 6.07) is 0. The van der Waals surface area contributed by atoms with E-state index >= 15 is 0 Å². The van der Waals surface area contributed by atoms with Gasteiger partial charge in [0.25, 0.3) is 0 Å². The van der Waals surface area contributed by atoms with Gasteiger partial charge in [0.05, 0.1) is 5.75 Å². The van der Waals surface area contributed by atoms with E-state index in [9.17, 15) is 17.1 Å². The van der Waals surface area contributed by atoms with Crippen LogP contribution in [0.3, 0.4) is 0 Å². The topological polar surface area (TPSA) is 54.5 Å². The third-order valence-electron chi connectivity index (χ3n) is 3.69. The SMILES string of the molecule is C[C@@H]1C[C@H]1C(=O)N1CCC[C@H](CS(=O)(=O)F)C1. The van der Waals surface area contributed by atoms with Gasteiger partial charge in [0, 0.05) is 19.0 Å². The fourth-order valence-corrected chi connectivity index (χ4v) is 3.42. The van der Waals surface area contributed by atoms with E-state index in [1.165, 1.54) is 0 Å². The average molecular weight is 263 g/mol. The molecule has 1 heterocycles. The highest BCUT2D eigenvalue weighted by Crippen LogP contribution is 2.39. The zero-order valence-corrected chi connectivity index (χ0v) is 10.7. The Kier molecular flexibility index (Phi) is 3.43. The maximum atomic E-state index is 12.6. The van der Waals surface area contributed by atoms with Crippen molar-refractivity contribution < 1.29 is 17.1 Å². The monoisotopic (exact) mass is 263 g/mol. The van der Waals surface area contributed by atoms with Crippen LogP contribution in [-0.4, -0.2) is 38.1 Å². The molecule has 2 fully saturated rings. The summed E-state index contributed by atoms with van der Waals surface area (Å²) in [6.07, 6.45) is 2.39. The Labute approximate surface area is 101 Å². The van der Waals surface area contributed by atoms with Crippen molar-refractivity contribution in [2.45, 2.75) is 26.2 Å². The molecule has 98 valence electrons. The first kappa shape index (κ1) is 12.8. The second-order valence-electron chi connectivity index (χ2n) is 5.32. The fourth-order valence-electron chi connectivity index (χ4n) is 2.58. The van der Waals surface area contributed by atoms with Gasteiger partial charge in [0.1, 0.15) is 0 Å². The minimum Gasteiger partial charge on any atom is -0.342 e. The van der Waals surface area contributed by atoms with Gasteiger partial charge in [0.15, 0.2) is 0 Å². The highest BCUT2D eigenvalue weighted by atomic mass is 32.3. The summed E-state index contributed by atoms with van der Waals surface area (Å²) in [7, 11) is -4.43. The van der Waals surface area contributed by atoms with Gasteiger partial charge in [0.2, 0.25) is 5.91 Å². The molecule has 0 aromatic carbocycles. The van der Waals surface area contributed by atoms with E-state index < -0.39 is 16.0 Å². The molecular formula is C11H18FNO3S. The van der Waals surface area contributed by atoms with Gasteiger partial charge < -0.3 is 4.90 Å². The van der Waals surface area contributed by atoms with Crippen molar-refractivity contribution in [2.24, 2.45) is 17.8 Å². The van der Waals surface area contributed by atoms with Gasteiger partial charge in [-0.1, -0.05) is 6.92 Å². The first-order chi connectivity index (χ1) is 7.87. The van der Waals surface area contributed by atoms with Gasteiger partial charge in [-0.25, -0.2) is 0 Å². The number of hydrogen-bond donors (Lipinski definition) is 0. The number of rotatable bonds is 3. The number of nitrogens with zero attached hydrogens (tertiary/aromatic N) is 1. The third kappa shape index (κ3) is 3.40. The summed E-state index contributed by atoms with van der Waals surface area (Å²) in [4.78, 5) is 13.7. The lowest BCUT2D eigenvalue weighted by molar-refractivity contribution is -0.134. The molecule has 1 aliphatic carbocycles. The molecule has 3 atom stereocenters. The Morgan fingerprint density at radius 1 is 1.47 bits per heavy atom. The van der Waals surface area contributed by atoms with E-state index in [2.05, 4.69) is 0 Å². The lowest BCUT2D eigenvalue weighted by Gasteiger charge is -2.32.